The first-order valence-electron chi connectivity index (χ1n) is 15.1. The number of aliphatic hydroxyl groups excluding tert-OH is 1. The highest BCUT2D eigenvalue weighted by Gasteiger charge is 2.33. The zero-order chi connectivity index (χ0) is 31.5. The van der Waals surface area contributed by atoms with Crippen LogP contribution in [0.1, 0.15) is 29.8 Å². The number of rotatable bonds is 8. The summed E-state index contributed by atoms with van der Waals surface area (Å²) >= 11 is 0. The van der Waals surface area contributed by atoms with Crippen LogP contribution in [-0.2, 0) is 6.54 Å². The van der Waals surface area contributed by atoms with Gasteiger partial charge < -0.3 is 34.9 Å². The van der Waals surface area contributed by atoms with Crippen molar-refractivity contribution in [3.05, 3.63) is 90.0 Å². The Morgan fingerprint density at radius 1 is 1.00 bits per heavy atom. The number of ether oxygens (including phenoxy) is 3. The molecule has 2 heterocycles. The number of fused-ring (bicyclic) bond motifs is 3. The van der Waals surface area contributed by atoms with Crippen molar-refractivity contribution in [2.45, 2.75) is 32.5 Å². The van der Waals surface area contributed by atoms with Crippen LogP contribution in [0.15, 0.2) is 78.9 Å². The Hall–Kier alpha value is -4.80. The summed E-state index contributed by atoms with van der Waals surface area (Å²) < 4.78 is 17.5. The molecule has 4 aromatic carbocycles. The van der Waals surface area contributed by atoms with Crippen LogP contribution in [0.3, 0.4) is 0 Å². The van der Waals surface area contributed by atoms with Crippen molar-refractivity contribution in [1.29, 1.82) is 0 Å². The number of anilines is 2. The second kappa shape index (κ2) is 13.1. The van der Waals surface area contributed by atoms with Gasteiger partial charge in [0.2, 0.25) is 6.79 Å². The maximum absolute atomic E-state index is 13.8. The monoisotopic (exact) mass is 610 g/mol. The Balaban J connectivity index is 1.21. The Kier molecular flexibility index (Phi) is 8.77. The van der Waals surface area contributed by atoms with Crippen LogP contribution >= 0.6 is 0 Å². The van der Waals surface area contributed by atoms with Gasteiger partial charge in [-0.2, -0.15) is 0 Å². The normalized spacial score (nSPS) is 18.2. The van der Waals surface area contributed by atoms with Crippen LogP contribution in [0.5, 0.6) is 17.2 Å². The summed E-state index contributed by atoms with van der Waals surface area (Å²) in [6, 6.07) is 23.7. The van der Waals surface area contributed by atoms with Crippen molar-refractivity contribution in [3.8, 4) is 17.2 Å². The van der Waals surface area contributed by atoms with Crippen LogP contribution in [0.2, 0.25) is 0 Å². The molecule has 10 heteroatoms. The summed E-state index contributed by atoms with van der Waals surface area (Å²) in [6.45, 7) is 5.61. The van der Waals surface area contributed by atoms with Crippen molar-refractivity contribution in [2.75, 3.05) is 44.2 Å². The third kappa shape index (κ3) is 6.67. The van der Waals surface area contributed by atoms with Crippen LogP contribution in [0, 0.1) is 5.92 Å². The number of carbonyl (C=O) groups excluding carboxylic acids is 2. The smallest absolute Gasteiger partial charge is 0.323 e. The summed E-state index contributed by atoms with van der Waals surface area (Å²) in [6.07, 6.45) is -0.252. The zero-order valence-electron chi connectivity index (χ0n) is 25.7. The lowest BCUT2D eigenvalue weighted by molar-refractivity contribution is 0.0341. The lowest BCUT2D eigenvalue weighted by Crippen LogP contribution is -2.49. The molecule has 234 valence electrons. The van der Waals surface area contributed by atoms with E-state index in [0.717, 1.165) is 27.8 Å². The fraction of sp³-hybridized carbons (Fsp3) is 0.314. The van der Waals surface area contributed by atoms with Gasteiger partial charge in [-0.25, -0.2) is 4.79 Å². The lowest BCUT2D eigenvalue weighted by Gasteiger charge is -2.38. The van der Waals surface area contributed by atoms with E-state index in [1.54, 1.807) is 23.1 Å². The van der Waals surface area contributed by atoms with Gasteiger partial charge in [-0.15, -0.1) is 0 Å². The topological polar surface area (TPSA) is 113 Å². The molecule has 10 nitrogen and oxygen atoms in total. The molecule has 3 N–H and O–H groups in total. The molecule has 0 unspecified atom stereocenters. The molecule has 0 aromatic heterocycles. The first kappa shape index (κ1) is 30.2. The third-order valence-corrected chi connectivity index (χ3v) is 8.34. The number of hydrogen-bond acceptors (Lipinski definition) is 7. The van der Waals surface area contributed by atoms with E-state index in [9.17, 15) is 14.7 Å². The molecule has 0 fully saturated rings. The van der Waals surface area contributed by atoms with Gasteiger partial charge in [0.1, 0.15) is 11.9 Å². The van der Waals surface area contributed by atoms with E-state index in [0.29, 0.717) is 42.3 Å². The third-order valence-electron chi connectivity index (χ3n) is 8.34. The van der Waals surface area contributed by atoms with E-state index in [-0.39, 0.29) is 31.3 Å². The molecular formula is C35H38N4O6. The molecule has 0 spiro atoms. The van der Waals surface area contributed by atoms with Gasteiger partial charge >= 0.3 is 6.03 Å². The van der Waals surface area contributed by atoms with E-state index in [2.05, 4.69) is 22.5 Å². The Bertz CT molecular complexity index is 1710. The minimum absolute atomic E-state index is 0.0282. The quantitative estimate of drug-likeness (QED) is 0.239. The van der Waals surface area contributed by atoms with Crippen molar-refractivity contribution in [2.24, 2.45) is 5.92 Å². The minimum atomic E-state index is -0.428. The van der Waals surface area contributed by atoms with Crippen LogP contribution in [0.25, 0.3) is 10.8 Å². The largest absolute Gasteiger partial charge is 0.488 e. The fourth-order valence-corrected chi connectivity index (χ4v) is 5.86. The molecule has 0 radical (unpaired) electrons. The standard InChI is InChI=1S/C35H38N4O6/c1-22-17-39(23(2)20-40)34(41)28-16-26(36-35(42)37-29-10-6-8-25-7-4-5-9-27(25)29)12-14-30(28)45-33(22)19-38(3)18-24-11-13-31-32(15-24)44-21-43-31/h4-16,22-23,33,40H,17-21H2,1-3H3,(H2,36,37,42)/t22-,23-,33-/m1/s1. The number of benzene rings is 4. The molecule has 3 amide bonds. The van der Waals surface area contributed by atoms with Crippen LogP contribution in [0.4, 0.5) is 16.2 Å². The highest BCUT2D eigenvalue weighted by molar-refractivity contribution is 6.07. The average molecular weight is 611 g/mol. The minimum Gasteiger partial charge on any atom is -0.488 e. The van der Waals surface area contributed by atoms with Gasteiger partial charge in [0, 0.05) is 36.6 Å². The highest BCUT2D eigenvalue weighted by Crippen LogP contribution is 2.34. The van der Waals surface area contributed by atoms with Gasteiger partial charge in [-0.05, 0) is 61.3 Å². The van der Waals surface area contributed by atoms with Crippen molar-refractivity contribution in [1.82, 2.24) is 9.80 Å². The summed E-state index contributed by atoms with van der Waals surface area (Å²) in [5.74, 6) is 1.64. The van der Waals surface area contributed by atoms with Crippen molar-refractivity contribution < 1.29 is 28.9 Å². The van der Waals surface area contributed by atoms with Crippen molar-refractivity contribution >= 4 is 34.1 Å². The Labute approximate surface area is 262 Å². The van der Waals surface area contributed by atoms with Crippen LogP contribution in [-0.4, -0.2) is 72.5 Å². The first-order chi connectivity index (χ1) is 21.8. The van der Waals surface area contributed by atoms with Gasteiger partial charge in [-0.1, -0.05) is 49.4 Å². The number of nitrogens with one attached hydrogen (secondary N) is 2. The zero-order valence-corrected chi connectivity index (χ0v) is 25.7. The number of nitrogens with zero attached hydrogens (tertiary/aromatic N) is 2. The van der Waals surface area contributed by atoms with E-state index < -0.39 is 12.1 Å². The molecule has 0 bridgehead atoms. The van der Waals surface area contributed by atoms with E-state index in [4.69, 9.17) is 14.2 Å². The van der Waals surface area contributed by atoms with E-state index >= 15 is 0 Å². The average Bonchev–Trinajstić information content (AvgIpc) is 3.51. The summed E-state index contributed by atoms with van der Waals surface area (Å²) in [5.41, 5.74) is 2.54. The van der Waals surface area contributed by atoms with Gasteiger partial charge in [0.05, 0.1) is 23.9 Å². The first-order valence-corrected chi connectivity index (χ1v) is 15.1. The number of carbonyl (C=O) groups is 2. The number of hydrogen-bond donors (Lipinski definition) is 3. The molecule has 45 heavy (non-hydrogen) atoms. The summed E-state index contributed by atoms with van der Waals surface area (Å²) in [5, 5.41) is 17.7. The molecule has 0 saturated carbocycles. The fourth-order valence-electron chi connectivity index (χ4n) is 5.86. The SMILES string of the molecule is C[C@@H]1CN([C@H](C)CO)C(=O)c2cc(NC(=O)Nc3cccc4ccccc34)ccc2O[C@@H]1CN(C)Cc1ccc2c(c1)OCO2. The summed E-state index contributed by atoms with van der Waals surface area (Å²) in [7, 11) is 2.03. The number of amides is 3. The molecule has 2 aliphatic heterocycles. The highest BCUT2D eigenvalue weighted by atomic mass is 16.7. The predicted octanol–water partition coefficient (Wildman–Crippen LogP) is 5.56. The maximum atomic E-state index is 13.8. The maximum Gasteiger partial charge on any atom is 0.323 e. The van der Waals surface area contributed by atoms with Crippen molar-refractivity contribution in [3.63, 3.8) is 0 Å². The molecule has 4 aromatic rings. The number of urea groups is 1. The molecule has 0 aliphatic carbocycles. The van der Waals surface area contributed by atoms with Gasteiger partial charge in [0.15, 0.2) is 11.5 Å². The van der Waals surface area contributed by atoms with E-state index in [1.807, 2.05) is 74.6 Å². The Morgan fingerprint density at radius 2 is 1.78 bits per heavy atom. The molecule has 2 aliphatic rings. The van der Waals surface area contributed by atoms with Gasteiger partial charge in [-0.3, -0.25) is 9.69 Å². The lowest BCUT2D eigenvalue weighted by atomic mass is 9.99. The molecule has 6 rings (SSSR count). The number of likely N-dealkylation sites (N-methyl/N-ethyl adjacent to an activating group) is 1. The second-order valence-corrected chi connectivity index (χ2v) is 11.8. The van der Waals surface area contributed by atoms with E-state index in [1.165, 1.54) is 0 Å². The second-order valence-electron chi connectivity index (χ2n) is 11.8. The molecule has 3 atom stereocenters. The van der Waals surface area contributed by atoms with Gasteiger partial charge in [0.25, 0.3) is 5.91 Å². The molecular weight excluding hydrogens is 572 g/mol. The van der Waals surface area contributed by atoms with Crippen LogP contribution < -0.4 is 24.8 Å². The molecule has 0 saturated heterocycles. The Morgan fingerprint density at radius 3 is 2.62 bits per heavy atom. The summed E-state index contributed by atoms with van der Waals surface area (Å²) in [4.78, 5) is 30.8. The number of aliphatic hydroxyl groups is 1. The predicted molar refractivity (Wildman–Crippen MR) is 173 cm³/mol.